The lowest BCUT2D eigenvalue weighted by atomic mass is 10.2. The lowest BCUT2D eigenvalue weighted by Gasteiger charge is -2.12. The first-order valence-electron chi connectivity index (χ1n) is 9.77. The zero-order valence-electron chi connectivity index (χ0n) is 17.3. The minimum atomic E-state index is -0.119. The van der Waals surface area contributed by atoms with Gasteiger partial charge in [-0.3, -0.25) is 9.69 Å². The largest absolute Gasteiger partial charge is 0.467 e. The van der Waals surface area contributed by atoms with Gasteiger partial charge in [0.15, 0.2) is 5.17 Å². The van der Waals surface area contributed by atoms with E-state index in [2.05, 4.69) is 10.2 Å². The zero-order valence-corrected chi connectivity index (χ0v) is 18.1. The first-order chi connectivity index (χ1) is 15.1. The van der Waals surface area contributed by atoms with Gasteiger partial charge in [0.1, 0.15) is 5.76 Å². The van der Waals surface area contributed by atoms with E-state index < -0.39 is 0 Å². The van der Waals surface area contributed by atoms with Gasteiger partial charge in [-0.1, -0.05) is 42.5 Å². The highest BCUT2D eigenvalue weighted by Crippen LogP contribution is 2.34. The van der Waals surface area contributed by atoms with Gasteiger partial charge in [-0.15, -0.1) is 5.10 Å². The molecule has 0 atom stereocenters. The van der Waals surface area contributed by atoms with Gasteiger partial charge in [0.25, 0.3) is 5.91 Å². The van der Waals surface area contributed by atoms with E-state index in [1.807, 2.05) is 85.7 Å². The molecule has 6 nitrogen and oxygen atoms in total. The number of anilines is 1. The summed E-state index contributed by atoms with van der Waals surface area (Å²) >= 11 is 1.31. The Morgan fingerprint density at radius 1 is 1.00 bits per heavy atom. The van der Waals surface area contributed by atoms with Crippen LogP contribution in [0.3, 0.4) is 0 Å². The van der Waals surface area contributed by atoms with E-state index in [4.69, 9.17) is 4.42 Å². The monoisotopic (exact) mass is 430 g/mol. The van der Waals surface area contributed by atoms with Crippen LogP contribution in [0.2, 0.25) is 0 Å². The molecule has 0 spiro atoms. The van der Waals surface area contributed by atoms with Crippen LogP contribution in [-0.2, 0) is 11.3 Å². The number of furan rings is 1. The third kappa shape index (κ3) is 5.13. The molecule has 4 rings (SSSR count). The fourth-order valence-corrected chi connectivity index (χ4v) is 3.92. The van der Waals surface area contributed by atoms with Crippen LogP contribution in [-0.4, -0.2) is 36.3 Å². The fraction of sp³-hybridized carbons (Fsp3) is 0.125. The minimum Gasteiger partial charge on any atom is -0.467 e. The number of hydrogen-bond donors (Lipinski definition) is 0. The molecule has 2 heterocycles. The van der Waals surface area contributed by atoms with Crippen molar-refractivity contribution in [1.29, 1.82) is 0 Å². The molecule has 156 valence electrons. The number of amides is 1. The second-order valence-corrected chi connectivity index (χ2v) is 8.11. The summed E-state index contributed by atoms with van der Waals surface area (Å²) < 4.78 is 5.43. The summed E-state index contributed by atoms with van der Waals surface area (Å²) in [5, 5.41) is 9.04. The Hall–Kier alpha value is -3.58. The smallest absolute Gasteiger partial charge is 0.267 e. The Morgan fingerprint density at radius 3 is 2.45 bits per heavy atom. The van der Waals surface area contributed by atoms with Gasteiger partial charge in [-0.25, -0.2) is 0 Å². The molecule has 0 bridgehead atoms. The van der Waals surface area contributed by atoms with E-state index >= 15 is 0 Å². The highest BCUT2D eigenvalue weighted by Gasteiger charge is 2.34. The molecule has 1 aliphatic heterocycles. The summed E-state index contributed by atoms with van der Waals surface area (Å²) in [5.74, 6) is 0.567. The van der Waals surface area contributed by atoms with E-state index in [1.165, 1.54) is 11.8 Å². The van der Waals surface area contributed by atoms with E-state index in [0.29, 0.717) is 22.4 Å². The molecule has 0 radical (unpaired) electrons. The quantitative estimate of drug-likeness (QED) is 0.319. The summed E-state index contributed by atoms with van der Waals surface area (Å²) in [6.45, 7) is 0.301. The van der Waals surface area contributed by atoms with Crippen LogP contribution in [0, 0.1) is 0 Å². The van der Waals surface area contributed by atoms with Gasteiger partial charge < -0.3 is 9.32 Å². The highest BCUT2D eigenvalue weighted by molar-refractivity contribution is 8.18. The lowest BCUT2D eigenvalue weighted by Crippen LogP contribution is -2.28. The maximum atomic E-state index is 13.1. The van der Waals surface area contributed by atoms with Crippen molar-refractivity contribution < 1.29 is 9.21 Å². The van der Waals surface area contributed by atoms with Gasteiger partial charge in [-0.2, -0.15) is 5.10 Å². The SMILES string of the molecule is CN(C)c1ccc(/C=C2\S/C(=N/N=C\c3ccccc3)N(Cc3ccco3)C2=O)cc1. The van der Waals surface area contributed by atoms with Crippen molar-refractivity contribution in [3.63, 3.8) is 0 Å². The van der Waals surface area contributed by atoms with Gasteiger partial charge in [0.05, 0.1) is 23.9 Å². The third-order valence-corrected chi connectivity index (χ3v) is 5.64. The summed E-state index contributed by atoms with van der Waals surface area (Å²) in [6.07, 6.45) is 5.15. The molecule has 2 aromatic carbocycles. The van der Waals surface area contributed by atoms with E-state index in [-0.39, 0.29) is 5.91 Å². The Kier molecular flexibility index (Phi) is 6.33. The Balaban J connectivity index is 1.60. The van der Waals surface area contributed by atoms with Crippen molar-refractivity contribution in [2.45, 2.75) is 6.54 Å². The van der Waals surface area contributed by atoms with Crippen LogP contribution in [0.4, 0.5) is 5.69 Å². The number of thioether (sulfide) groups is 1. The number of rotatable bonds is 6. The van der Waals surface area contributed by atoms with Gasteiger partial charge in [0.2, 0.25) is 0 Å². The first-order valence-corrected chi connectivity index (χ1v) is 10.6. The summed E-state index contributed by atoms with van der Waals surface area (Å²) in [4.78, 5) is 17.3. The second kappa shape index (κ2) is 9.49. The molecule has 1 fully saturated rings. The van der Waals surface area contributed by atoms with Crippen LogP contribution in [0.1, 0.15) is 16.9 Å². The van der Waals surface area contributed by atoms with Crippen molar-refractivity contribution in [3.8, 4) is 0 Å². The first kappa shape index (κ1) is 20.7. The minimum absolute atomic E-state index is 0.119. The number of hydrogen-bond acceptors (Lipinski definition) is 6. The number of carbonyl (C=O) groups excluding carboxylic acids is 1. The molecule has 0 unspecified atom stereocenters. The van der Waals surface area contributed by atoms with Crippen LogP contribution in [0.5, 0.6) is 0 Å². The molecule has 3 aromatic rings. The molecule has 1 saturated heterocycles. The normalized spacial score (nSPS) is 16.7. The van der Waals surface area contributed by atoms with Crippen molar-refractivity contribution in [2.24, 2.45) is 10.2 Å². The van der Waals surface area contributed by atoms with Crippen molar-refractivity contribution >= 4 is 40.8 Å². The molecule has 0 aliphatic carbocycles. The molecular formula is C24H22N4O2S. The van der Waals surface area contributed by atoms with Gasteiger partial charge >= 0.3 is 0 Å². The number of amidine groups is 1. The van der Waals surface area contributed by atoms with Crippen LogP contribution >= 0.6 is 11.8 Å². The summed E-state index contributed by atoms with van der Waals surface area (Å²) in [7, 11) is 3.99. The van der Waals surface area contributed by atoms with Crippen molar-refractivity contribution in [3.05, 3.63) is 94.8 Å². The Bertz CT molecular complexity index is 1120. The molecule has 1 aliphatic rings. The van der Waals surface area contributed by atoms with Crippen molar-refractivity contribution in [1.82, 2.24) is 4.90 Å². The summed E-state index contributed by atoms with van der Waals surface area (Å²) in [6, 6.07) is 21.4. The van der Waals surface area contributed by atoms with Gasteiger partial charge in [-0.05, 0) is 53.2 Å². The maximum Gasteiger partial charge on any atom is 0.267 e. The number of carbonyl (C=O) groups is 1. The molecule has 0 N–H and O–H groups in total. The van der Waals surface area contributed by atoms with Crippen LogP contribution in [0.15, 0.2) is 92.5 Å². The lowest BCUT2D eigenvalue weighted by molar-refractivity contribution is -0.122. The van der Waals surface area contributed by atoms with E-state index in [1.54, 1.807) is 23.4 Å². The Morgan fingerprint density at radius 2 is 1.77 bits per heavy atom. The van der Waals surface area contributed by atoms with Crippen LogP contribution < -0.4 is 4.90 Å². The standard InChI is InChI=1S/C24H22N4O2S/c1-27(2)20-12-10-18(11-13-20)15-22-23(29)28(17-21-9-6-14-30-21)24(31-22)26-25-16-19-7-4-3-5-8-19/h3-16H,17H2,1-2H3/b22-15-,25-16-,26-24+. The van der Waals surface area contributed by atoms with E-state index in [9.17, 15) is 4.79 Å². The van der Waals surface area contributed by atoms with Crippen molar-refractivity contribution in [2.75, 3.05) is 19.0 Å². The molecular weight excluding hydrogens is 408 g/mol. The predicted molar refractivity (Wildman–Crippen MR) is 127 cm³/mol. The average molecular weight is 431 g/mol. The highest BCUT2D eigenvalue weighted by atomic mass is 32.2. The molecule has 1 aromatic heterocycles. The van der Waals surface area contributed by atoms with Gasteiger partial charge in [0, 0.05) is 19.8 Å². The predicted octanol–water partition coefficient (Wildman–Crippen LogP) is 4.85. The third-order valence-electron chi connectivity index (χ3n) is 4.64. The molecule has 7 heteroatoms. The number of nitrogens with zero attached hydrogens (tertiary/aromatic N) is 4. The molecule has 1 amide bonds. The second-order valence-electron chi connectivity index (χ2n) is 7.11. The maximum absolute atomic E-state index is 13.1. The van der Waals surface area contributed by atoms with E-state index in [0.717, 1.165) is 16.8 Å². The fourth-order valence-electron chi connectivity index (χ4n) is 2.98. The summed E-state index contributed by atoms with van der Waals surface area (Å²) in [5.41, 5.74) is 2.99. The zero-order chi connectivity index (χ0) is 21.6. The Labute approximate surface area is 185 Å². The van der Waals surface area contributed by atoms with Crippen LogP contribution in [0.25, 0.3) is 6.08 Å². The number of benzene rings is 2. The average Bonchev–Trinajstić information content (AvgIpc) is 3.39. The molecule has 31 heavy (non-hydrogen) atoms. The molecule has 0 saturated carbocycles. The topological polar surface area (TPSA) is 61.4 Å².